The average Bonchev–Trinajstić information content (AvgIpc) is 2.21. The number of rotatable bonds is 10. The fourth-order valence-corrected chi connectivity index (χ4v) is 1.54. The van der Waals surface area contributed by atoms with Gasteiger partial charge in [-0.25, -0.2) is 0 Å². The lowest BCUT2D eigenvalue weighted by Gasteiger charge is -1.97. The Balaban J connectivity index is 2.94. The quantitative estimate of drug-likeness (QED) is 0.328. The lowest BCUT2D eigenvalue weighted by Crippen LogP contribution is -1.77. The molecule has 0 aliphatic rings. The summed E-state index contributed by atoms with van der Waals surface area (Å²) in [7, 11) is 0. The smallest absolute Gasteiger partial charge is 0.0351 e. The lowest BCUT2D eigenvalue weighted by molar-refractivity contribution is 0.611. The predicted molar refractivity (Wildman–Crippen MR) is 66.3 cm³/mol. The molecule has 0 aliphatic carbocycles. The molecule has 0 heteroatoms. The molecule has 0 aromatic carbocycles. The van der Waals surface area contributed by atoms with Crippen LogP contribution in [-0.2, 0) is 0 Å². The minimum atomic E-state index is 1.07. The molecule has 0 fully saturated rings. The van der Waals surface area contributed by atoms with Gasteiger partial charge in [-0.1, -0.05) is 64.5 Å². The molecule has 0 bridgehead atoms. The van der Waals surface area contributed by atoms with Gasteiger partial charge in [0.05, 0.1) is 0 Å². The molecule has 0 saturated carbocycles. The van der Waals surface area contributed by atoms with Crippen LogP contribution in [0, 0.1) is 6.92 Å². The van der Waals surface area contributed by atoms with Crippen molar-refractivity contribution in [2.75, 3.05) is 0 Å². The highest BCUT2D eigenvalue weighted by atomic mass is 13.9. The first kappa shape index (κ1) is 13.7. The Labute approximate surface area is 90.8 Å². The number of hydrogen-bond donors (Lipinski definition) is 0. The zero-order valence-electron chi connectivity index (χ0n) is 9.93. The summed E-state index contributed by atoms with van der Waals surface area (Å²) in [5.74, 6) is 0. The summed E-state index contributed by atoms with van der Waals surface area (Å²) in [5.41, 5.74) is 0. The van der Waals surface area contributed by atoms with Crippen molar-refractivity contribution in [1.82, 2.24) is 0 Å². The molecule has 0 aliphatic heterocycles. The van der Waals surface area contributed by atoms with E-state index in [1.165, 1.54) is 57.8 Å². The van der Waals surface area contributed by atoms with Gasteiger partial charge in [-0.15, -0.1) is 0 Å². The van der Waals surface area contributed by atoms with Crippen LogP contribution in [0.2, 0.25) is 0 Å². The van der Waals surface area contributed by atoms with Gasteiger partial charge in [0.2, 0.25) is 0 Å². The Morgan fingerprint density at radius 2 is 1.36 bits per heavy atom. The molecule has 0 atom stereocenters. The van der Waals surface area contributed by atoms with Gasteiger partial charge in [0, 0.05) is 0 Å². The van der Waals surface area contributed by atoms with Gasteiger partial charge < -0.3 is 0 Å². The predicted octanol–water partition coefficient (Wildman–Crippen LogP) is 5.30. The van der Waals surface area contributed by atoms with E-state index in [4.69, 9.17) is 0 Å². The summed E-state index contributed by atoms with van der Waals surface area (Å²) in [4.78, 5) is 0. The van der Waals surface area contributed by atoms with Gasteiger partial charge in [-0.3, -0.25) is 0 Å². The van der Waals surface area contributed by atoms with Crippen LogP contribution in [0.3, 0.4) is 0 Å². The van der Waals surface area contributed by atoms with Crippen LogP contribution < -0.4 is 0 Å². The summed E-state index contributed by atoms with van der Waals surface area (Å²) < 4.78 is 0. The molecule has 0 spiro atoms. The van der Waals surface area contributed by atoms with Crippen molar-refractivity contribution in [1.29, 1.82) is 0 Å². The van der Waals surface area contributed by atoms with Gasteiger partial charge in [0.15, 0.2) is 0 Å². The van der Waals surface area contributed by atoms with E-state index in [-0.39, 0.29) is 0 Å². The first-order chi connectivity index (χ1) is 6.91. The van der Waals surface area contributed by atoms with Crippen LogP contribution in [0.25, 0.3) is 0 Å². The van der Waals surface area contributed by atoms with Crippen molar-refractivity contribution >= 4 is 0 Å². The maximum atomic E-state index is 3.83. The van der Waals surface area contributed by atoms with Crippen molar-refractivity contribution in [3.8, 4) is 0 Å². The molecular weight excluding hydrogens is 168 g/mol. The summed E-state index contributed by atoms with van der Waals surface area (Å²) in [6.45, 7) is 6.10. The summed E-state index contributed by atoms with van der Waals surface area (Å²) in [6, 6.07) is 0. The van der Waals surface area contributed by atoms with E-state index in [1.54, 1.807) is 0 Å². The third-order valence-corrected chi connectivity index (χ3v) is 2.51. The first-order valence-electron chi connectivity index (χ1n) is 6.36. The minimum absolute atomic E-state index is 1.07. The first-order valence-corrected chi connectivity index (χ1v) is 6.36. The zero-order chi connectivity index (χ0) is 10.5. The van der Waals surface area contributed by atoms with E-state index in [2.05, 4.69) is 26.0 Å². The molecule has 0 aromatic heterocycles. The van der Waals surface area contributed by atoms with Crippen LogP contribution in [-0.4, -0.2) is 0 Å². The van der Waals surface area contributed by atoms with Gasteiger partial charge in [0.25, 0.3) is 0 Å². The topological polar surface area (TPSA) is 0 Å². The maximum absolute atomic E-state index is 3.83. The molecular formula is C14H27. The van der Waals surface area contributed by atoms with E-state index in [0.29, 0.717) is 0 Å². The van der Waals surface area contributed by atoms with Crippen molar-refractivity contribution in [3.63, 3.8) is 0 Å². The summed E-state index contributed by atoms with van der Waals surface area (Å²) in [6.07, 6.45) is 17.9. The van der Waals surface area contributed by atoms with Crippen molar-refractivity contribution in [2.24, 2.45) is 0 Å². The molecule has 0 amide bonds. The third-order valence-electron chi connectivity index (χ3n) is 2.51. The molecule has 0 heterocycles. The lowest BCUT2D eigenvalue weighted by atomic mass is 10.1. The van der Waals surface area contributed by atoms with Crippen LogP contribution in [0.4, 0.5) is 0 Å². The van der Waals surface area contributed by atoms with Crippen LogP contribution in [0.15, 0.2) is 12.2 Å². The molecule has 0 saturated heterocycles. The summed E-state index contributed by atoms with van der Waals surface area (Å²) >= 11 is 0. The molecule has 0 rings (SSSR count). The van der Waals surface area contributed by atoms with Gasteiger partial charge in [0.1, 0.15) is 0 Å². The Bertz CT molecular complexity index is 113. The Morgan fingerprint density at radius 1 is 0.786 bits per heavy atom. The van der Waals surface area contributed by atoms with E-state index >= 15 is 0 Å². The van der Waals surface area contributed by atoms with Crippen molar-refractivity contribution in [2.45, 2.75) is 71.1 Å². The second-order valence-electron chi connectivity index (χ2n) is 4.02. The highest BCUT2D eigenvalue weighted by Gasteiger charge is 1.87. The highest BCUT2D eigenvalue weighted by molar-refractivity contribution is 4.81. The van der Waals surface area contributed by atoms with Crippen LogP contribution in [0.5, 0.6) is 0 Å². The SMILES string of the molecule is [CH2]CCC/C=C\CCCCCCCC. The number of hydrogen-bond acceptors (Lipinski definition) is 0. The van der Waals surface area contributed by atoms with Gasteiger partial charge >= 0.3 is 0 Å². The molecule has 0 aromatic rings. The average molecular weight is 195 g/mol. The molecule has 0 N–H and O–H groups in total. The minimum Gasteiger partial charge on any atom is -0.0885 e. The largest absolute Gasteiger partial charge is 0.0885 e. The van der Waals surface area contributed by atoms with Crippen LogP contribution >= 0.6 is 0 Å². The molecule has 1 radical (unpaired) electrons. The second-order valence-corrected chi connectivity index (χ2v) is 4.02. The van der Waals surface area contributed by atoms with Crippen molar-refractivity contribution < 1.29 is 0 Å². The standard InChI is InChI=1S/C14H27/c1-3-5-7-9-11-13-14-12-10-8-6-4-2/h9,11H,1,3-8,10,12-14H2,2H3/b11-9-. The van der Waals surface area contributed by atoms with Crippen molar-refractivity contribution in [3.05, 3.63) is 19.1 Å². The maximum Gasteiger partial charge on any atom is -0.0351 e. The van der Waals surface area contributed by atoms with Gasteiger partial charge in [-0.05, 0) is 25.7 Å². The monoisotopic (exact) mass is 195 g/mol. The Kier molecular flexibility index (Phi) is 12.5. The van der Waals surface area contributed by atoms with E-state index in [1.807, 2.05) is 0 Å². The third kappa shape index (κ3) is 11.7. The fourth-order valence-electron chi connectivity index (χ4n) is 1.54. The van der Waals surface area contributed by atoms with E-state index < -0.39 is 0 Å². The fraction of sp³-hybridized carbons (Fsp3) is 0.786. The molecule has 0 unspecified atom stereocenters. The summed E-state index contributed by atoms with van der Waals surface area (Å²) in [5, 5.41) is 0. The normalized spacial score (nSPS) is 11.3. The second kappa shape index (κ2) is 12.7. The molecule has 0 nitrogen and oxygen atoms in total. The molecule has 14 heavy (non-hydrogen) atoms. The zero-order valence-corrected chi connectivity index (χ0v) is 9.93. The van der Waals surface area contributed by atoms with E-state index in [9.17, 15) is 0 Å². The van der Waals surface area contributed by atoms with E-state index in [0.717, 1.165) is 6.42 Å². The number of allylic oxidation sites excluding steroid dienone is 2. The van der Waals surface area contributed by atoms with Gasteiger partial charge in [-0.2, -0.15) is 0 Å². The number of unbranched alkanes of at least 4 members (excludes halogenated alkanes) is 8. The Hall–Kier alpha value is -0.260. The Morgan fingerprint density at radius 3 is 2.00 bits per heavy atom. The van der Waals surface area contributed by atoms with Crippen LogP contribution in [0.1, 0.15) is 71.1 Å². The highest BCUT2D eigenvalue weighted by Crippen LogP contribution is 2.07. The molecule has 83 valence electrons.